The number of amides is 1. The second-order valence-corrected chi connectivity index (χ2v) is 9.49. The molecule has 8 nitrogen and oxygen atoms in total. The van der Waals surface area contributed by atoms with Gasteiger partial charge < -0.3 is 19.5 Å². The SMILES string of the molecule is CN(CC1(NC(=O)OC(C)(C)C)CC1)c1ccc([N+](=O)[O-])cc1C[S+](C)[O-]. The maximum Gasteiger partial charge on any atom is 0.408 e. The number of likely N-dealkylation sites (N-methyl/N-ethyl adjacent to an activating group) is 1. The largest absolute Gasteiger partial charge is 0.616 e. The maximum atomic E-state index is 12.1. The number of ether oxygens (including phenoxy) is 1. The van der Waals surface area contributed by atoms with Crippen LogP contribution < -0.4 is 10.2 Å². The van der Waals surface area contributed by atoms with Gasteiger partial charge in [0.25, 0.3) is 5.69 Å². The smallest absolute Gasteiger partial charge is 0.408 e. The lowest BCUT2D eigenvalue weighted by molar-refractivity contribution is -0.384. The van der Waals surface area contributed by atoms with Crippen molar-refractivity contribution >= 4 is 28.6 Å². The molecule has 1 saturated carbocycles. The van der Waals surface area contributed by atoms with Crippen LogP contribution in [0.3, 0.4) is 0 Å². The van der Waals surface area contributed by atoms with Gasteiger partial charge in [-0.25, -0.2) is 4.79 Å². The summed E-state index contributed by atoms with van der Waals surface area (Å²) in [5.74, 6) is 0.230. The summed E-state index contributed by atoms with van der Waals surface area (Å²) in [6, 6.07) is 4.58. The zero-order valence-electron chi connectivity index (χ0n) is 16.4. The molecule has 1 unspecified atom stereocenters. The fraction of sp³-hybridized carbons (Fsp3) is 0.611. The molecule has 1 aliphatic rings. The molecule has 0 radical (unpaired) electrons. The van der Waals surface area contributed by atoms with Crippen molar-refractivity contribution in [1.82, 2.24) is 5.32 Å². The molecular formula is C18H27N3O5S. The molecule has 1 aromatic rings. The highest BCUT2D eigenvalue weighted by molar-refractivity contribution is 7.89. The summed E-state index contributed by atoms with van der Waals surface area (Å²) < 4.78 is 17.0. The number of rotatable bonds is 7. The van der Waals surface area contributed by atoms with Crippen LogP contribution in [0.2, 0.25) is 0 Å². The molecule has 0 heterocycles. The van der Waals surface area contributed by atoms with Gasteiger partial charge in [-0.3, -0.25) is 10.1 Å². The van der Waals surface area contributed by atoms with Crippen molar-refractivity contribution in [3.63, 3.8) is 0 Å². The third-order valence-corrected chi connectivity index (χ3v) is 4.92. The van der Waals surface area contributed by atoms with Gasteiger partial charge in [-0.05, 0) is 39.7 Å². The fourth-order valence-electron chi connectivity index (χ4n) is 2.93. The van der Waals surface area contributed by atoms with E-state index in [1.165, 1.54) is 12.1 Å². The van der Waals surface area contributed by atoms with Gasteiger partial charge in [-0.15, -0.1) is 0 Å². The predicted molar refractivity (Wildman–Crippen MR) is 105 cm³/mol. The van der Waals surface area contributed by atoms with E-state index in [9.17, 15) is 19.5 Å². The number of anilines is 1. The monoisotopic (exact) mass is 397 g/mol. The van der Waals surface area contributed by atoms with Crippen molar-refractivity contribution in [2.45, 2.75) is 50.5 Å². The lowest BCUT2D eigenvalue weighted by Crippen LogP contribution is -2.46. The van der Waals surface area contributed by atoms with Crippen LogP contribution in [0.1, 0.15) is 39.2 Å². The highest BCUT2D eigenvalue weighted by atomic mass is 32.2. The molecule has 2 rings (SSSR count). The Balaban J connectivity index is 2.14. The number of nitrogens with zero attached hydrogens (tertiary/aromatic N) is 2. The molecule has 0 aromatic heterocycles. The summed E-state index contributed by atoms with van der Waals surface area (Å²) in [6.07, 6.45) is 2.78. The Morgan fingerprint density at radius 3 is 2.52 bits per heavy atom. The fourth-order valence-corrected chi connectivity index (χ4v) is 3.59. The Morgan fingerprint density at radius 1 is 1.41 bits per heavy atom. The molecule has 1 N–H and O–H groups in total. The highest BCUT2D eigenvalue weighted by Crippen LogP contribution is 2.38. The van der Waals surface area contributed by atoms with Gasteiger partial charge in [0.15, 0.2) is 0 Å². The number of carbonyl (C=O) groups is 1. The normalized spacial score (nSPS) is 16.4. The second kappa shape index (κ2) is 7.93. The van der Waals surface area contributed by atoms with Crippen LogP contribution in [-0.4, -0.2) is 46.6 Å². The van der Waals surface area contributed by atoms with Gasteiger partial charge in [0, 0.05) is 37.0 Å². The number of nitro groups is 1. The molecule has 0 spiro atoms. The lowest BCUT2D eigenvalue weighted by Gasteiger charge is -2.29. The molecule has 27 heavy (non-hydrogen) atoms. The summed E-state index contributed by atoms with van der Waals surface area (Å²) >= 11 is -1.13. The van der Waals surface area contributed by atoms with Crippen LogP contribution in [-0.2, 0) is 21.7 Å². The van der Waals surface area contributed by atoms with E-state index in [2.05, 4.69) is 5.32 Å². The quantitative estimate of drug-likeness (QED) is 0.430. The minimum atomic E-state index is -1.13. The summed E-state index contributed by atoms with van der Waals surface area (Å²) in [7, 11) is 1.86. The van der Waals surface area contributed by atoms with Gasteiger partial charge in [-0.2, -0.15) is 0 Å². The second-order valence-electron chi connectivity index (χ2n) is 8.05. The van der Waals surface area contributed by atoms with Gasteiger partial charge in [-0.1, -0.05) is 11.2 Å². The van der Waals surface area contributed by atoms with E-state index in [1.54, 1.807) is 12.3 Å². The van der Waals surface area contributed by atoms with Gasteiger partial charge in [0.05, 0.1) is 16.7 Å². The molecular weight excluding hydrogens is 370 g/mol. The number of nitrogens with one attached hydrogen (secondary N) is 1. The van der Waals surface area contributed by atoms with Crippen molar-refractivity contribution in [3.05, 3.63) is 33.9 Å². The number of carbonyl (C=O) groups excluding carboxylic acids is 1. The van der Waals surface area contributed by atoms with E-state index in [-0.39, 0.29) is 17.0 Å². The van der Waals surface area contributed by atoms with Crippen LogP contribution in [0, 0.1) is 10.1 Å². The van der Waals surface area contributed by atoms with Crippen LogP contribution >= 0.6 is 0 Å². The third kappa shape index (κ3) is 6.28. The van der Waals surface area contributed by atoms with E-state index < -0.39 is 27.8 Å². The van der Waals surface area contributed by atoms with Crippen LogP contribution in [0.15, 0.2) is 18.2 Å². The topological polar surface area (TPSA) is 108 Å². The Labute approximate surface area is 162 Å². The zero-order valence-corrected chi connectivity index (χ0v) is 17.2. The Morgan fingerprint density at radius 2 is 2.04 bits per heavy atom. The van der Waals surface area contributed by atoms with Crippen LogP contribution in [0.5, 0.6) is 0 Å². The average Bonchev–Trinajstić information content (AvgIpc) is 3.22. The molecule has 150 valence electrons. The van der Waals surface area contributed by atoms with E-state index in [0.717, 1.165) is 18.5 Å². The molecule has 1 amide bonds. The number of hydrogen-bond donors (Lipinski definition) is 1. The minimum Gasteiger partial charge on any atom is -0.616 e. The molecule has 1 atom stereocenters. The highest BCUT2D eigenvalue weighted by Gasteiger charge is 2.46. The van der Waals surface area contributed by atoms with Gasteiger partial charge in [0.1, 0.15) is 11.4 Å². The zero-order chi connectivity index (χ0) is 20.4. The Kier molecular flexibility index (Phi) is 6.26. The van der Waals surface area contributed by atoms with Gasteiger partial charge in [0.2, 0.25) is 0 Å². The first kappa shape index (κ1) is 21.3. The van der Waals surface area contributed by atoms with E-state index in [4.69, 9.17) is 4.74 Å². The van der Waals surface area contributed by atoms with Crippen molar-refractivity contribution in [2.75, 3.05) is 24.7 Å². The number of nitro benzene ring substituents is 1. The Hall–Kier alpha value is -2.00. The standard InChI is InChI=1S/C18H27N3O5S/c1-17(2,3)26-16(22)19-18(8-9-18)12-20(4)15-7-6-14(21(23)24)10-13(15)11-27(5)25/h6-7,10H,8-9,11-12H2,1-5H3,(H,19,22). The Bertz CT molecular complexity index is 713. The number of benzene rings is 1. The summed E-state index contributed by atoms with van der Waals surface area (Å²) in [5.41, 5.74) is 0.457. The first-order valence-electron chi connectivity index (χ1n) is 8.70. The minimum absolute atomic E-state index is 0.0272. The van der Waals surface area contributed by atoms with Crippen molar-refractivity contribution in [1.29, 1.82) is 0 Å². The van der Waals surface area contributed by atoms with Crippen LogP contribution in [0.4, 0.5) is 16.2 Å². The number of non-ortho nitro benzene ring substituents is 1. The predicted octanol–water partition coefficient (Wildman–Crippen LogP) is 2.97. The van der Waals surface area contributed by atoms with Crippen molar-refractivity contribution in [3.8, 4) is 0 Å². The molecule has 1 aromatic carbocycles. The first-order valence-corrected chi connectivity index (χ1v) is 10.4. The third-order valence-electron chi connectivity index (χ3n) is 4.20. The van der Waals surface area contributed by atoms with Gasteiger partial charge >= 0.3 is 6.09 Å². The van der Waals surface area contributed by atoms with Crippen LogP contribution in [0.25, 0.3) is 0 Å². The molecule has 9 heteroatoms. The first-order chi connectivity index (χ1) is 12.4. The molecule has 1 aliphatic carbocycles. The molecule has 1 fully saturated rings. The number of alkyl carbamates (subject to hydrolysis) is 1. The number of hydrogen-bond acceptors (Lipinski definition) is 6. The van der Waals surface area contributed by atoms with Crippen molar-refractivity contribution < 1.29 is 19.0 Å². The summed E-state index contributed by atoms with van der Waals surface area (Å²) in [6.45, 7) is 5.97. The summed E-state index contributed by atoms with van der Waals surface area (Å²) in [4.78, 5) is 24.6. The van der Waals surface area contributed by atoms with Crippen molar-refractivity contribution in [2.24, 2.45) is 0 Å². The molecule has 0 aliphatic heterocycles. The van der Waals surface area contributed by atoms with E-state index >= 15 is 0 Å². The lowest BCUT2D eigenvalue weighted by atomic mass is 10.1. The molecule has 0 bridgehead atoms. The van der Waals surface area contributed by atoms with E-state index in [1.807, 2.05) is 32.7 Å². The maximum absolute atomic E-state index is 12.1. The van der Waals surface area contributed by atoms with E-state index in [0.29, 0.717) is 12.1 Å². The summed E-state index contributed by atoms with van der Waals surface area (Å²) in [5, 5.41) is 14.0. The molecule has 0 saturated heterocycles. The average molecular weight is 397 g/mol.